The largest absolute Gasteiger partial charge is 0.489 e. The molecule has 4 heteroatoms. The minimum atomic E-state index is 0.571. The number of nitrogens with zero attached hydrogens (tertiary/aromatic N) is 1. The first-order valence-corrected chi connectivity index (χ1v) is 6.87. The van der Waals surface area contributed by atoms with Crippen molar-refractivity contribution in [3.63, 3.8) is 0 Å². The molecule has 0 aliphatic carbocycles. The van der Waals surface area contributed by atoms with E-state index in [4.69, 9.17) is 10.5 Å². The Bertz CT molecular complexity index is 721. The molecule has 0 amide bonds. The van der Waals surface area contributed by atoms with Crippen molar-refractivity contribution in [3.05, 3.63) is 53.6 Å². The van der Waals surface area contributed by atoms with Crippen molar-refractivity contribution < 1.29 is 4.74 Å². The Hall–Kier alpha value is -2.07. The molecule has 0 atom stereocenters. The molecule has 0 saturated heterocycles. The summed E-state index contributed by atoms with van der Waals surface area (Å²) in [6, 6.07) is 14.2. The van der Waals surface area contributed by atoms with Crippen LogP contribution in [0.25, 0.3) is 10.2 Å². The van der Waals surface area contributed by atoms with Gasteiger partial charge in [-0.05, 0) is 30.7 Å². The minimum Gasteiger partial charge on any atom is -0.489 e. The number of aryl methyl sites for hydroxylation is 1. The Balaban J connectivity index is 1.78. The summed E-state index contributed by atoms with van der Waals surface area (Å²) >= 11 is 1.48. The van der Waals surface area contributed by atoms with Crippen LogP contribution in [0.4, 0.5) is 5.13 Å². The summed E-state index contributed by atoms with van der Waals surface area (Å²) in [5.74, 6) is 0.845. The standard InChI is InChI=1S/C15H14N2OS/c1-10-3-2-4-11(7-10)9-18-12-5-6-13-14(8-12)19-15(16)17-13/h2-8H,9H2,1H3,(H2,16,17). The quantitative estimate of drug-likeness (QED) is 0.788. The Kier molecular flexibility index (Phi) is 3.09. The van der Waals surface area contributed by atoms with Crippen LogP contribution in [-0.2, 0) is 6.61 Å². The van der Waals surface area contributed by atoms with Gasteiger partial charge in [-0.3, -0.25) is 0 Å². The third-order valence-electron chi connectivity index (χ3n) is 2.86. The second-order valence-corrected chi connectivity index (χ2v) is 5.52. The van der Waals surface area contributed by atoms with Crippen molar-refractivity contribution in [2.24, 2.45) is 0 Å². The highest BCUT2D eigenvalue weighted by molar-refractivity contribution is 7.22. The van der Waals surface area contributed by atoms with Crippen LogP contribution in [0.15, 0.2) is 42.5 Å². The number of hydrogen-bond acceptors (Lipinski definition) is 4. The van der Waals surface area contributed by atoms with Crippen molar-refractivity contribution in [1.29, 1.82) is 0 Å². The van der Waals surface area contributed by atoms with Gasteiger partial charge in [0.25, 0.3) is 0 Å². The molecule has 3 rings (SSSR count). The number of ether oxygens (including phenoxy) is 1. The Morgan fingerprint density at radius 1 is 1.21 bits per heavy atom. The number of hydrogen-bond donors (Lipinski definition) is 1. The maximum absolute atomic E-state index is 5.80. The van der Waals surface area contributed by atoms with Crippen LogP contribution in [0.2, 0.25) is 0 Å². The number of anilines is 1. The average molecular weight is 270 g/mol. The van der Waals surface area contributed by atoms with Gasteiger partial charge in [0.15, 0.2) is 5.13 Å². The highest BCUT2D eigenvalue weighted by Gasteiger charge is 2.03. The van der Waals surface area contributed by atoms with Gasteiger partial charge in [0.05, 0.1) is 10.2 Å². The second-order valence-electron chi connectivity index (χ2n) is 4.46. The first-order valence-electron chi connectivity index (χ1n) is 6.05. The maximum atomic E-state index is 5.80. The van der Waals surface area contributed by atoms with Crippen molar-refractivity contribution >= 4 is 26.7 Å². The van der Waals surface area contributed by atoms with E-state index in [1.54, 1.807) is 0 Å². The van der Waals surface area contributed by atoms with E-state index in [1.807, 2.05) is 24.3 Å². The van der Waals surface area contributed by atoms with Crippen molar-refractivity contribution in [2.75, 3.05) is 5.73 Å². The molecule has 0 radical (unpaired) electrons. The smallest absolute Gasteiger partial charge is 0.181 e. The van der Waals surface area contributed by atoms with Crippen LogP contribution in [0.3, 0.4) is 0 Å². The van der Waals surface area contributed by atoms with Gasteiger partial charge in [-0.1, -0.05) is 41.2 Å². The molecule has 0 saturated carbocycles. The summed E-state index contributed by atoms with van der Waals surface area (Å²) in [5.41, 5.74) is 9.02. The van der Waals surface area contributed by atoms with E-state index in [0.717, 1.165) is 16.0 Å². The van der Waals surface area contributed by atoms with Gasteiger partial charge >= 0.3 is 0 Å². The molecule has 0 aliphatic rings. The average Bonchev–Trinajstić information content (AvgIpc) is 2.75. The molecular weight excluding hydrogens is 256 g/mol. The predicted octanol–water partition coefficient (Wildman–Crippen LogP) is 3.77. The number of nitrogen functional groups attached to an aromatic ring is 1. The number of fused-ring (bicyclic) bond motifs is 1. The molecule has 0 unspecified atom stereocenters. The van der Waals surface area contributed by atoms with Gasteiger partial charge in [-0.25, -0.2) is 4.98 Å². The Labute approximate surface area is 115 Å². The minimum absolute atomic E-state index is 0.571. The molecule has 2 N–H and O–H groups in total. The van der Waals surface area contributed by atoms with E-state index < -0.39 is 0 Å². The number of nitrogens with two attached hydrogens (primary N) is 1. The molecule has 3 aromatic rings. The molecule has 0 fully saturated rings. The van der Waals surface area contributed by atoms with Crippen LogP contribution in [0.5, 0.6) is 5.75 Å². The van der Waals surface area contributed by atoms with E-state index in [0.29, 0.717) is 11.7 Å². The van der Waals surface area contributed by atoms with Crippen LogP contribution < -0.4 is 10.5 Å². The monoisotopic (exact) mass is 270 g/mol. The maximum Gasteiger partial charge on any atom is 0.181 e. The Morgan fingerprint density at radius 2 is 2.11 bits per heavy atom. The second kappa shape index (κ2) is 4.90. The molecule has 96 valence electrons. The van der Waals surface area contributed by atoms with E-state index in [-0.39, 0.29) is 0 Å². The molecule has 0 spiro atoms. The van der Waals surface area contributed by atoms with Gasteiger partial charge in [0.2, 0.25) is 0 Å². The summed E-state index contributed by atoms with van der Waals surface area (Å²) in [6.07, 6.45) is 0. The highest BCUT2D eigenvalue weighted by Crippen LogP contribution is 2.27. The molecule has 2 aromatic carbocycles. The van der Waals surface area contributed by atoms with Gasteiger partial charge < -0.3 is 10.5 Å². The fourth-order valence-corrected chi connectivity index (χ4v) is 2.74. The highest BCUT2D eigenvalue weighted by atomic mass is 32.1. The third kappa shape index (κ3) is 2.69. The summed E-state index contributed by atoms with van der Waals surface area (Å²) in [6.45, 7) is 2.65. The van der Waals surface area contributed by atoms with Crippen molar-refractivity contribution in [2.45, 2.75) is 13.5 Å². The lowest BCUT2D eigenvalue weighted by Gasteiger charge is -2.06. The van der Waals surface area contributed by atoms with Crippen LogP contribution in [-0.4, -0.2) is 4.98 Å². The zero-order valence-electron chi connectivity index (χ0n) is 10.6. The Morgan fingerprint density at radius 3 is 2.95 bits per heavy atom. The van der Waals surface area contributed by atoms with E-state index in [2.05, 4.69) is 30.1 Å². The first kappa shape index (κ1) is 12.0. The molecule has 0 aliphatic heterocycles. The number of benzene rings is 2. The van der Waals surface area contributed by atoms with Crippen LogP contribution in [0, 0.1) is 6.92 Å². The normalized spacial score (nSPS) is 10.8. The molecule has 3 nitrogen and oxygen atoms in total. The zero-order valence-corrected chi connectivity index (χ0v) is 11.4. The topological polar surface area (TPSA) is 48.1 Å². The summed E-state index contributed by atoms with van der Waals surface area (Å²) in [7, 11) is 0. The zero-order chi connectivity index (χ0) is 13.2. The van der Waals surface area contributed by atoms with Crippen molar-refractivity contribution in [3.8, 4) is 5.75 Å². The summed E-state index contributed by atoms with van der Waals surface area (Å²) in [5, 5.41) is 0.589. The molecule has 19 heavy (non-hydrogen) atoms. The molecule has 0 bridgehead atoms. The summed E-state index contributed by atoms with van der Waals surface area (Å²) in [4.78, 5) is 4.22. The fraction of sp³-hybridized carbons (Fsp3) is 0.133. The van der Waals surface area contributed by atoms with Crippen LogP contribution in [0.1, 0.15) is 11.1 Å². The van der Waals surface area contributed by atoms with E-state index in [1.165, 1.54) is 22.5 Å². The number of aromatic nitrogens is 1. The van der Waals surface area contributed by atoms with E-state index in [9.17, 15) is 0 Å². The predicted molar refractivity (Wildman–Crippen MR) is 79.5 cm³/mol. The number of rotatable bonds is 3. The lowest BCUT2D eigenvalue weighted by molar-refractivity contribution is 0.306. The SMILES string of the molecule is Cc1cccc(COc2ccc3nc(N)sc3c2)c1. The molecule has 1 aromatic heterocycles. The number of thiazole rings is 1. The van der Waals surface area contributed by atoms with Gasteiger partial charge in [-0.2, -0.15) is 0 Å². The van der Waals surface area contributed by atoms with Crippen LogP contribution >= 0.6 is 11.3 Å². The third-order valence-corrected chi connectivity index (χ3v) is 3.71. The fourth-order valence-electron chi connectivity index (χ4n) is 1.98. The van der Waals surface area contributed by atoms with Gasteiger partial charge in [0, 0.05) is 0 Å². The summed E-state index contributed by atoms with van der Waals surface area (Å²) < 4.78 is 6.86. The van der Waals surface area contributed by atoms with Gasteiger partial charge in [-0.15, -0.1) is 0 Å². The van der Waals surface area contributed by atoms with Gasteiger partial charge in [0.1, 0.15) is 12.4 Å². The first-order chi connectivity index (χ1) is 9.20. The lowest BCUT2D eigenvalue weighted by atomic mass is 10.1. The lowest BCUT2D eigenvalue weighted by Crippen LogP contribution is -1.95. The molecule has 1 heterocycles. The molecular formula is C15H14N2OS. The van der Waals surface area contributed by atoms with Crippen molar-refractivity contribution in [1.82, 2.24) is 4.98 Å². The van der Waals surface area contributed by atoms with E-state index >= 15 is 0 Å².